The molecule has 0 radical (unpaired) electrons. The Hall–Kier alpha value is -5.45. The van der Waals surface area contributed by atoms with Gasteiger partial charge in [0.15, 0.2) is 0 Å². The molecule has 0 unspecified atom stereocenters. The van der Waals surface area contributed by atoms with Gasteiger partial charge in [-0.15, -0.1) is 0 Å². The van der Waals surface area contributed by atoms with Gasteiger partial charge in [-0.25, -0.2) is 24.3 Å². The first-order valence-electron chi connectivity index (χ1n) is 12.2. The van der Waals surface area contributed by atoms with E-state index in [0.29, 0.717) is 39.2 Å². The number of rotatable bonds is 7. The molecule has 2 amide bonds. The molecule has 5 rings (SSSR count). The fourth-order valence-electron chi connectivity index (χ4n) is 4.47. The Balaban J connectivity index is 1.63. The van der Waals surface area contributed by atoms with Crippen molar-refractivity contribution in [3.63, 3.8) is 0 Å². The highest BCUT2D eigenvalue weighted by Gasteiger charge is 2.24. The molecule has 0 bridgehead atoms. The molecule has 200 valence electrons. The normalized spacial score (nSPS) is 11.2. The Morgan fingerprint density at radius 2 is 1.93 bits per heavy atom. The highest BCUT2D eigenvalue weighted by atomic mass is 19.1. The third-order valence-electron chi connectivity index (χ3n) is 6.31. The second-order valence-corrected chi connectivity index (χ2v) is 9.00. The van der Waals surface area contributed by atoms with Crippen LogP contribution in [0, 0.1) is 19.7 Å². The van der Waals surface area contributed by atoms with Crippen LogP contribution in [0.3, 0.4) is 0 Å². The molecule has 0 fully saturated rings. The van der Waals surface area contributed by atoms with Crippen LogP contribution in [0.25, 0.3) is 39.5 Å². The third-order valence-corrected chi connectivity index (χ3v) is 6.31. The molecule has 0 atom stereocenters. The summed E-state index contributed by atoms with van der Waals surface area (Å²) in [6.07, 6.45) is 5.84. The average Bonchev–Trinajstić information content (AvgIpc) is 3.22. The molecule has 0 aliphatic heterocycles. The monoisotopic (exact) mass is 537 g/mol. The molecule has 3 heterocycles. The summed E-state index contributed by atoms with van der Waals surface area (Å²) in [6, 6.07) is 12.2. The maximum atomic E-state index is 15.6. The number of hydrogen-bond donors (Lipinski definition) is 2. The first-order chi connectivity index (χ1) is 19.3. The highest BCUT2D eigenvalue weighted by molar-refractivity contribution is 6.08. The van der Waals surface area contributed by atoms with Gasteiger partial charge in [0.2, 0.25) is 12.3 Å². The van der Waals surface area contributed by atoms with Gasteiger partial charge in [0.25, 0.3) is 0 Å². The summed E-state index contributed by atoms with van der Waals surface area (Å²) in [4.78, 5) is 39.1. The van der Waals surface area contributed by atoms with Gasteiger partial charge in [-0.1, -0.05) is 12.1 Å². The minimum Gasteiger partial charge on any atom is -0.424 e. The molecule has 10 nitrogen and oxygen atoms in total. The average molecular weight is 538 g/mol. The van der Waals surface area contributed by atoms with Crippen LogP contribution in [0.2, 0.25) is 0 Å². The number of fused-ring (bicyclic) bond motifs is 1. The quantitative estimate of drug-likeness (QED) is 0.229. The van der Waals surface area contributed by atoms with Crippen molar-refractivity contribution in [3.8, 4) is 34.1 Å². The Labute approximate surface area is 228 Å². The van der Waals surface area contributed by atoms with Crippen LogP contribution in [-0.4, -0.2) is 36.8 Å². The molecule has 0 aliphatic rings. The number of aromatic nitrogens is 5. The molecule has 3 N–H and O–H groups in total. The van der Waals surface area contributed by atoms with Gasteiger partial charge in [0, 0.05) is 36.1 Å². The van der Waals surface area contributed by atoms with Gasteiger partial charge in [0.05, 0.1) is 11.1 Å². The highest BCUT2D eigenvalue weighted by Crippen LogP contribution is 2.43. The molecule has 5 aromatic rings. The van der Waals surface area contributed by atoms with E-state index in [0.717, 1.165) is 22.9 Å². The van der Waals surface area contributed by atoms with Gasteiger partial charge < -0.3 is 15.0 Å². The fourth-order valence-corrected chi connectivity index (χ4v) is 4.47. The maximum Gasteiger partial charge on any atom is 0.322 e. The number of hydrogen-bond acceptors (Lipinski definition) is 8. The first kappa shape index (κ1) is 26.2. The molecule has 2 aromatic carbocycles. The Morgan fingerprint density at radius 3 is 2.65 bits per heavy atom. The van der Waals surface area contributed by atoms with Gasteiger partial charge in [-0.3, -0.25) is 14.9 Å². The summed E-state index contributed by atoms with van der Waals surface area (Å²) in [7, 11) is 1.78. The molecular formula is C29H24FN7O3. The van der Waals surface area contributed by atoms with E-state index < -0.39 is 11.7 Å². The van der Waals surface area contributed by atoms with E-state index in [1.54, 1.807) is 42.1 Å². The Bertz CT molecular complexity index is 1810. The smallest absolute Gasteiger partial charge is 0.322 e. The van der Waals surface area contributed by atoms with E-state index in [9.17, 15) is 9.59 Å². The molecule has 0 spiro atoms. The van der Waals surface area contributed by atoms with Crippen molar-refractivity contribution in [3.05, 3.63) is 83.7 Å². The summed E-state index contributed by atoms with van der Waals surface area (Å²) < 4.78 is 23.3. The standard InChI is InChI=1S/C29H24FN7O3/c1-16-12-19(6-8-22(16)40-29-32-11-10-17(2)36-29)24-25-27(31)33-14-34-28(25)37(3)26(24)20-7-4-18(13-21(20)30)5-9-23(39)35-15-38/h4-15H,1-3H3,(H2,31,33,34)(H,35,38,39). The number of imide groups is 1. The van der Waals surface area contributed by atoms with Crippen LogP contribution < -0.4 is 15.8 Å². The van der Waals surface area contributed by atoms with Gasteiger partial charge in [-0.2, -0.15) is 0 Å². The number of carbonyl (C=O) groups is 2. The topological polar surface area (TPSA) is 138 Å². The number of nitrogen functional groups attached to an aromatic ring is 1. The first-order valence-corrected chi connectivity index (χ1v) is 12.2. The number of aryl methyl sites for hydroxylation is 3. The van der Waals surface area contributed by atoms with Crippen molar-refractivity contribution in [1.82, 2.24) is 29.8 Å². The minimum atomic E-state index is -0.610. The van der Waals surface area contributed by atoms with E-state index in [-0.39, 0.29) is 18.2 Å². The third kappa shape index (κ3) is 4.99. The molecule has 3 aromatic heterocycles. The summed E-state index contributed by atoms with van der Waals surface area (Å²) in [5, 5.41) is 2.59. The lowest BCUT2D eigenvalue weighted by atomic mass is 9.96. The van der Waals surface area contributed by atoms with Gasteiger partial charge >= 0.3 is 6.01 Å². The zero-order chi connectivity index (χ0) is 28.4. The minimum absolute atomic E-state index is 0.235. The molecule has 11 heteroatoms. The fraction of sp³-hybridized carbons (Fsp3) is 0.103. The van der Waals surface area contributed by atoms with Gasteiger partial charge in [0.1, 0.15) is 29.4 Å². The van der Waals surface area contributed by atoms with E-state index in [4.69, 9.17) is 10.5 Å². The Morgan fingerprint density at radius 1 is 1.10 bits per heavy atom. The predicted octanol–water partition coefficient (Wildman–Crippen LogP) is 4.51. The Kier molecular flexibility index (Phi) is 7.02. The van der Waals surface area contributed by atoms with Crippen LogP contribution in [0.4, 0.5) is 10.2 Å². The number of ether oxygens (including phenoxy) is 1. The number of nitrogens with one attached hydrogen (secondary N) is 1. The summed E-state index contributed by atoms with van der Waals surface area (Å²) in [6.45, 7) is 3.74. The molecule has 0 saturated heterocycles. The second kappa shape index (κ2) is 10.7. The van der Waals surface area contributed by atoms with Crippen LogP contribution in [0.5, 0.6) is 11.8 Å². The molecule has 40 heavy (non-hydrogen) atoms. The largest absolute Gasteiger partial charge is 0.424 e. The predicted molar refractivity (Wildman–Crippen MR) is 149 cm³/mol. The zero-order valence-electron chi connectivity index (χ0n) is 21.8. The summed E-state index contributed by atoms with van der Waals surface area (Å²) in [5.41, 5.74) is 11.1. The lowest BCUT2D eigenvalue weighted by Gasteiger charge is -2.13. The lowest BCUT2D eigenvalue weighted by molar-refractivity contribution is -0.121. The summed E-state index contributed by atoms with van der Waals surface area (Å²) in [5.74, 6) is -0.304. The number of nitrogens with zero attached hydrogens (tertiary/aromatic N) is 5. The van der Waals surface area contributed by atoms with Crippen LogP contribution in [0.15, 0.2) is 61.1 Å². The van der Waals surface area contributed by atoms with Crippen LogP contribution in [-0.2, 0) is 16.6 Å². The van der Waals surface area contributed by atoms with E-state index in [1.165, 1.54) is 18.5 Å². The maximum absolute atomic E-state index is 15.6. The van der Waals surface area contributed by atoms with Crippen molar-refractivity contribution >= 4 is 35.2 Å². The van der Waals surface area contributed by atoms with Crippen molar-refractivity contribution in [1.29, 1.82) is 0 Å². The van der Waals surface area contributed by atoms with Crippen molar-refractivity contribution < 1.29 is 18.7 Å². The van der Waals surface area contributed by atoms with E-state index in [1.807, 2.05) is 31.3 Å². The molecule has 0 saturated carbocycles. The zero-order valence-corrected chi connectivity index (χ0v) is 21.8. The molecule has 0 aliphatic carbocycles. The number of benzene rings is 2. The SMILES string of the molecule is Cc1ccnc(Oc2ccc(-c3c(-c4ccc(C=CC(=O)NC=O)cc4F)n(C)c4ncnc(N)c34)cc2C)n1. The van der Waals surface area contributed by atoms with Crippen LogP contribution in [0.1, 0.15) is 16.8 Å². The van der Waals surface area contributed by atoms with E-state index >= 15 is 4.39 Å². The van der Waals surface area contributed by atoms with E-state index in [2.05, 4.69) is 19.9 Å². The number of carbonyl (C=O) groups excluding carboxylic acids is 2. The van der Waals surface area contributed by atoms with Crippen molar-refractivity contribution in [2.75, 3.05) is 5.73 Å². The second-order valence-electron chi connectivity index (χ2n) is 9.00. The number of nitrogens with two attached hydrogens (primary N) is 1. The van der Waals surface area contributed by atoms with Gasteiger partial charge in [-0.05, 0) is 66.9 Å². The van der Waals surface area contributed by atoms with Crippen molar-refractivity contribution in [2.45, 2.75) is 13.8 Å². The van der Waals surface area contributed by atoms with Crippen LogP contribution >= 0.6 is 0 Å². The number of anilines is 1. The number of halogens is 1. The van der Waals surface area contributed by atoms with Crippen molar-refractivity contribution in [2.24, 2.45) is 7.05 Å². The summed E-state index contributed by atoms with van der Waals surface area (Å²) >= 11 is 0. The molecular weight excluding hydrogens is 513 g/mol. The number of amides is 2. The lowest BCUT2D eigenvalue weighted by Crippen LogP contribution is -2.17.